The molecule has 7 fully saturated rings. The van der Waals surface area contributed by atoms with Crippen molar-refractivity contribution in [1.82, 2.24) is 40.3 Å². The molecule has 18 heteroatoms. The zero-order valence-corrected chi connectivity index (χ0v) is 41.8. The van der Waals surface area contributed by atoms with Gasteiger partial charge in [-0.1, -0.05) is 12.0 Å². The number of phenolic OH excluding ortho intramolecular Hbond substituents is 1. The van der Waals surface area contributed by atoms with Crippen molar-refractivity contribution in [2.24, 2.45) is 16.7 Å². The number of nitrogens with zero attached hydrogens (tertiary/aromatic N) is 8. The number of rotatable bonds is 13. The fourth-order valence-electron chi connectivity index (χ4n) is 13.0. The topological polar surface area (TPSA) is 169 Å². The van der Waals surface area contributed by atoms with E-state index in [2.05, 4.69) is 36.2 Å². The van der Waals surface area contributed by atoms with Crippen LogP contribution in [0.15, 0.2) is 48.7 Å². The molecule has 5 aromatic rings. The third-order valence-corrected chi connectivity index (χ3v) is 17.3. The van der Waals surface area contributed by atoms with Gasteiger partial charge in [-0.05, 0) is 117 Å². The molecule has 16 nitrogen and oxygen atoms in total. The van der Waals surface area contributed by atoms with Crippen LogP contribution in [-0.2, 0) is 4.79 Å². The summed E-state index contributed by atoms with van der Waals surface area (Å²) in [5.74, 6) is 2.30. The van der Waals surface area contributed by atoms with Crippen LogP contribution in [0, 0.1) is 40.7 Å². The fourth-order valence-corrected chi connectivity index (χ4v) is 13.0. The van der Waals surface area contributed by atoms with Crippen molar-refractivity contribution < 1.29 is 37.7 Å². The van der Waals surface area contributed by atoms with Gasteiger partial charge in [-0.3, -0.25) is 24.8 Å². The van der Waals surface area contributed by atoms with Crippen LogP contribution < -0.4 is 29.9 Å². The number of nitrogens with one attached hydrogen (secondary N) is 2. The summed E-state index contributed by atoms with van der Waals surface area (Å²) in [5.41, 5.74) is 1.32. The lowest BCUT2D eigenvalue weighted by Crippen LogP contribution is -2.51. The van der Waals surface area contributed by atoms with Crippen LogP contribution in [-0.4, -0.2) is 150 Å². The summed E-state index contributed by atoms with van der Waals surface area (Å²) < 4.78 is 44.2. The van der Waals surface area contributed by atoms with E-state index in [1.54, 1.807) is 24.4 Å². The van der Waals surface area contributed by atoms with E-state index < -0.39 is 17.7 Å². The predicted octanol–water partition coefficient (Wildman–Crippen LogP) is 6.70. The minimum absolute atomic E-state index is 0.0380. The monoisotopic (exact) mass is 1010 g/mol. The number of terminal acetylenes is 1. The molecule has 12 rings (SSSR count). The normalized spacial score (nSPS) is 22.8. The van der Waals surface area contributed by atoms with Gasteiger partial charge in [0.25, 0.3) is 5.91 Å². The summed E-state index contributed by atoms with van der Waals surface area (Å²) in [6.07, 6.45) is 17.3. The molecule has 5 aliphatic heterocycles. The molecular formula is C56H62F2N10O6. The lowest BCUT2D eigenvalue weighted by Gasteiger charge is -2.53. The van der Waals surface area contributed by atoms with Gasteiger partial charge >= 0.3 is 12.0 Å². The number of benzene rings is 3. The molecule has 4 amide bonds. The Morgan fingerprint density at radius 2 is 1.69 bits per heavy atom. The van der Waals surface area contributed by atoms with Crippen LogP contribution in [0.3, 0.4) is 0 Å². The van der Waals surface area contributed by atoms with Gasteiger partial charge in [0.2, 0.25) is 5.91 Å². The number of amides is 4. The van der Waals surface area contributed by atoms with Crippen LogP contribution in [0.25, 0.3) is 32.9 Å². The first-order valence-corrected chi connectivity index (χ1v) is 26.3. The summed E-state index contributed by atoms with van der Waals surface area (Å²) in [6.45, 7) is 9.47. The van der Waals surface area contributed by atoms with Crippen LogP contribution >= 0.6 is 0 Å². The Labute approximate surface area is 428 Å². The maximum Gasteiger partial charge on any atom is 0.328 e. The Kier molecular flexibility index (Phi) is 12.5. The number of aromatic hydroxyl groups is 1. The molecule has 1 spiro atoms. The number of carbonyl (C=O) groups is 3. The average Bonchev–Trinajstić information content (AvgIpc) is 4.09. The van der Waals surface area contributed by atoms with E-state index in [0.29, 0.717) is 89.8 Å². The van der Waals surface area contributed by atoms with E-state index in [4.69, 9.17) is 25.9 Å². The molecule has 2 aliphatic carbocycles. The van der Waals surface area contributed by atoms with Crippen molar-refractivity contribution >= 4 is 51.0 Å². The number of methoxy groups -OCH3 is 1. The van der Waals surface area contributed by atoms with Crippen molar-refractivity contribution in [2.45, 2.75) is 76.3 Å². The minimum atomic E-state index is -0.728. The third-order valence-electron chi connectivity index (χ3n) is 17.3. The van der Waals surface area contributed by atoms with Crippen molar-refractivity contribution in [3.63, 3.8) is 0 Å². The first-order chi connectivity index (χ1) is 35.9. The number of imide groups is 1. The number of piperidine rings is 1. The number of piperazine rings is 2. The zero-order chi connectivity index (χ0) is 50.9. The van der Waals surface area contributed by atoms with E-state index in [-0.39, 0.29) is 69.7 Å². The number of fused-ring (bicyclic) bond motifs is 4. The molecule has 2 unspecified atom stereocenters. The molecule has 2 aromatic heterocycles. The van der Waals surface area contributed by atoms with Crippen molar-refractivity contribution in [2.75, 3.05) is 95.5 Å². The Balaban J connectivity index is 0.647. The van der Waals surface area contributed by atoms with Gasteiger partial charge < -0.3 is 39.5 Å². The number of aromatic nitrogens is 3. The van der Waals surface area contributed by atoms with Gasteiger partial charge in [-0.25, -0.2) is 13.6 Å². The second kappa shape index (κ2) is 19.2. The molecule has 3 N–H and O–H groups in total. The quantitative estimate of drug-likeness (QED) is 0.107. The van der Waals surface area contributed by atoms with Crippen molar-refractivity contribution in [1.29, 1.82) is 0 Å². The highest BCUT2D eigenvalue weighted by molar-refractivity contribution is 6.07. The smallest absolute Gasteiger partial charge is 0.328 e. The minimum Gasteiger partial charge on any atom is -0.508 e. The number of likely N-dealkylation sites (tertiary alicyclic amines) is 1. The molecule has 386 valence electrons. The number of anilines is 2. The van der Waals surface area contributed by atoms with Crippen LogP contribution in [0.5, 0.6) is 17.5 Å². The maximum absolute atomic E-state index is 17.1. The number of hydrogen-bond donors (Lipinski definition) is 3. The molecular weight excluding hydrogens is 947 g/mol. The zero-order valence-electron chi connectivity index (χ0n) is 41.8. The van der Waals surface area contributed by atoms with E-state index in [0.717, 1.165) is 77.8 Å². The number of urea groups is 1. The molecule has 2 saturated carbocycles. The SMILES string of the molecule is C#Cc1c(F)ccc2cc(O)cc(-c3ncc4c(N5CC6CCC(C5)N6)nc(OCC5(CN6CCN(CCC7CC8(CCN(C(=O)c9ccc(OC)c(N%10CCC(=O)NC%10=O)c9)CC8)C7)CC6)CC5)nc4c3F)c12. The molecule has 5 saturated heterocycles. The number of phenols is 1. The second-order valence-electron chi connectivity index (χ2n) is 22.1. The first kappa shape index (κ1) is 48.3. The fraction of sp³-hybridized carbons (Fsp3) is 0.500. The Hall–Kier alpha value is -6.68. The maximum atomic E-state index is 17.1. The third kappa shape index (κ3) is 9.21. The summed E-state index contributed by atoms with van der Waals surface area (Å²) in [6, 6.07) is 10.9. The van der Waals surface area contributed by atoms with Gasteiger partial charge in [-0.2, -0.15) is 9.97 Å². The predicted molar refractivity (Wildman–Crippen MR) is 275 cm³/mol. The number of ether oxygens (including phenoxy) is 2. The summed E-state index contributed by atoms with van der Waals surface area (Å²) in [7, 11) is 1.52. The van der Waals surface area contributed by atoms with Crippen LogP contribution in [0.4, 0.5) is 25.1 Å². The summed E-state index contributed by atoms with van der Waals surface area (Å²) >= 11 is 0. The van der Waals surface area contributed by atoms with Gasteiger partial charge in [0.15, 0.2) is 5.82 Å². The van der Waals surface area contributed by atoms with Crippen molar-refractivity contribution in [3.05, 3.63) is 71.4 Å². The Morgan fingerprint density at radius 3 is 2.41 bits per heavy atom. The summed E-state index contributed by atoms with van der Waals surface area (Å²) in [5, 5.41) is 17.9. The lowest BCUT2D eigenvalue weighted by molar-refractivity contribution is -0.120. The standard InChI is InChI=1S/C56H62F2N10O6/c1-3-40-43(57)8-4-35-24-39(69)26-41(47(35)40)49-48(58)50-42(29-59-49)51(67-30-37-6-7-38(31-67)60-37)63-53(62-50)74-33-56(12-13-56)32-65-22-20-64(21-23-65)16-10-34-27-55(28-34)14-18-66(19-15-55)52(71)36-5-9-45(73-2)44(25-36)68-17-11-46(70)61-54(68)72/h1,4-5,8-9,24-26,29,34,37-38,60,69H,6-7,10-23,27-28,30-33H2,2H3,(H,61,70,72). The van der Waals surface area contributed by atoms with E-state index in [1.807, 2.05) is 4.90 Å². The second-order valence-corrected chi connectivity index (χ2v) is 22.1. The largest absolute Gasteiger partial charge is 0.508 e. The lowest BCUT2D eigenvalue weighted by atomic mass is 9.57. The number of halogens is 2. The van der Waals surface area contributed by atoms with Gasteiger partial charge in [0.05, 0.1) is 30.4 Å². The number of carbonyl (C=O) groups excluding carboxylic acids is 3. The number of pyridine rings is 1. The van der Waals surface area contributed by atoms with E-state index in [9.17, 15) is 19.5 Å². The van der Waals surface area contributed by atoms with Crippen molar-refractivity contribution in [3.8, 4) is 41.1 Å². The highest BCUT2D eigenvalue weighted by Crippen LogP contribution is 2.54. The highest BCUT2D eigenvalue weighted by atomic mass is 19.1. The molecule has 2 bridgehead atoms. The molecule has 3 aromatic carbocycles. The molecule has 7 aliphatic rings. The molecule has 0 radical (unpaired) electrons. The molecule has 74 heavy (non-hydrogen) atoms. The first-order valence-electron chi connectivity index (χ1n) is 26.3. The number of hydrogen-bond acceptors (Lipinski definition) is 13. The van der Waals surface area contributed by atoms with Gasteiger partial charge in [-0.15, -0.1) is 6.42 Å². The van der Waals surface area contributed by atoms with Gasteiger partial charge in [0.1, 0.15) is 34.3 Å². The van der Waals surface area contributed by atoms with Crippen LogP contribution in [0.1, 0.15) is 80.1 Å². The Morgan fingerprint density at radius 1 is 0.932 bits per heavy atom. The summed E-state index contributed by atoms with van der Waals surface area (Å²) in [4.78, 5) is 63.1. The molecule has 2 atom stereocenters. The van der Waals surface area contributed by atoms with E-state index in [1.165, 1.54) is 55.5 Å². The van der Waals surface area contributed by atoms with Crippen LogP contribution in [0.2, 0.25) is 0 Å². The molecule has 7 heterocycles. The highest BCUT2D eigenvalue weighted by Gasteiger charge is 2.47. The van der Waals surface area contributed by atoms with E-state index >= 15 is 8.78 Å². The van der Waals surface area contributed by atoms with Gasteiger partial charge in [0, 0.05) is 112 Å². The Bertz CT molecular complexity index is 3090. The average molecular weight is 1010 g/mol.